The van der Waals surface area contributed by atoms with Crippen molar-refractivity contribution >= 4 is 17.7 Å². The molecule has 78 valence electrons. The van der Waals surface area contributed by atoms with Crippen LogP contribution >= 0.6 is 11.8 Å². The van der Waals surface area contributed by atoms with E-state index in [1.165, 1.54) is 0 Å². The number of carbonyl (C=O) groups excluding carboxylic acids is 1. The molecule has 0 radical (unpaired) electrons. The molecule has 1 unspecified atom stereocenters. The third-order valence-corrected chi connectivity index (χ3v) is 2.98. The van der Waals surface area contributed by atoms with E-state index in [4.69, 9.17) is 5.73 Å². The van der Waals surface area contributed by atoms with Gasteiger partial charge in [-0.2, -0.15) is 11.8 Å². The van der Waals surface area contributed by atoms with Gasteiger partial charge in [-0.25, -0.2) is 0 Å². The second kappa shape index (κ2) is 6.27. The van der Waals surface area contributed by atoms with Crippen LogP contribution in [0.2, 0.25) is 0 Å². The van der Waals surface area contributed by atoms with Crippen molar-refractivity contribution in [2.24, 2.45) is 11.1 Å². The second-order valence-corrected chi connectivity index (χ2v) is 4.35. The number of nitrogens with one attached hydrogen (secondary N) is 1. The number of hydrogen-bond donors (Lipinski definition) is 2. The van der Waals surface area contributed by atoms with Crippen LogP contribution in [0.25, 0.3) is 0 Å². The molecule has 3 nitrogen and oxygen atoms in total. The first-order valence-corrected chi connectivity index (χ1v) is 5.97. The summed E-state index contributed by atoms with van der Waals surface area (Å²) in [5.41, 5.74) is 5.17. The van der Waals surface area contributed by atoms with Crippen LogP contribution in [-0.2, 0) is 4.79 Å². The highest BCUT2D eigenvalue weighted by molar-refractivity contribution is 7.98. The molecule has 3 N–H and O–H groups in total. The van der Waals surface area contributed by atoms with Crippen LogP contribution in [0.3, 0.4) is 0 Å². The van der Waals surface area contributed by atoms with Gasteiger partial charge in [-0.15, -0.1) is 0 Å². The first-order chi connectivity index (χ1) is 6.10. The second-order valence-electron chi connectivity index (χ2n) is 3.37. The number of amides is 1. The van der Waals surface area contributed by atoms with Crippen LogP contribution in [0.4, 0.5) is 0 Å². The highest BCUT2D eigenvalue weighted by atomic mass is 32.2. The molecule has 0 aliphatic rings. The van der Waals surface area contributed by atoms with Crippen molar-refractivity contribution in [2.75, 3.05) is 25.1 Å². The van der Waals surface area contributed by atoms with Crippen LogP contribution in [0.5, 0.6) is 0 Å². The highest BCUT2D eigenvalue weighted by Gasteiger charge is 2.28. The molecule has 0 heterocycles. The van der Waals surface area contributed by atoms with Gasteiger partial charge in [-0.05, 0) is 19.6 Å². The van der Waals surface area contributed by atoms with Crippen molar-refractivity contribution < 1.29 is 4.79 Å². The Labute approximate surface area is 84.8 Å². The zero-order valence-electron chi connectivity index (χ0n) is 8.72. The summed E-state index contributed by atoms with van der Waals surface area (Å²) >= 11 is 1.72. The lowest BCUT2D eigenvalue weighted by Crippen LogP contribution is -2.44. The lowest BCUT2D eigenvalue weighted by molar-refractivity contribution is -0.129. The van der Waals surface area contributed by atoms with Crippen molar-refractivity contribution in [3.8, 4) is 0 Å². The van der Waals surface area contributed by atoms with E-state index in [-0.39, 0.29) is 5.91 Å². The van der Waals surface area contributed by atoms with Gasteiger partial charge in [0.25, 0.3) is 0 Å². The Morgan fingerprint density at radius 1 is 1.62 bits per heavy atom. The van der Waals surface area contributed by atoms with E-state index >= 15 is 0 Å². The fourth-order valence-corrected chi connectivity index (χ4v) is 1.18. The summed E-state index contributed by atoms with van der Waals surface area (Å²) in [6, 6.07) is 0. The molecule has 0 aliphatic carbocycles. The Morgan fingerprint density at radius 2 is 2.23 bits per heavy atom. The molecule has 0 aliphatic heterocycles. The van der Waals surface area contributed by atoms with Crippen molar-refractivity contribution in [1.82, 2.24) is 5.32 Å². The average Bonchev–Trinajstić information content (AvgIpc) is 2.17. The van der Waals surface area contributed by atoms with Gasteiger partial charge in [0.2, 0.25) is 5.91 Å². The molecule has 0 aromatic rings. The van der Waals surface area contributed by atoms with Gasteiger partial charge < -0.3 is 11.1 Å². The summed E-state index contributed by atoms with van der Waals surface area (Å²) in [6.45, 7) is 5.03. The summed E-state index contributed by atoms with van der Waals surface area (Å²) in [4.78, 5) is 11.6. The quantitative estimate of drug-likeness (QED) is 0.630. The Morgan fingerprint density at radius 3 is 2.62 bits per heavy atom. The first-order valence-electron chi connectivity index (χ1n) is 4.58. The number of thioether (sulfide) groups is 1. The van der Waals surface area contributed by atoms with Crippen molar-refractivity contribution in [1.29, 1.82) is 0 Å². The maximum Gasteiger partial charge on any atom is 0.227 e. The minimum Gasteiger partial charge on any atom is -0.355 e. The molecule has 0 aromatic carbocycles. The van der Waals surface area contributed by atoms with Crippen molar-refractivity contribution in [3.63, 3.8) is 0 Å². The van der Waals surface area contributed by atoms with Gasteiger partial charge in [0.1, 0.15) is 0 Å². The fourth-order valence-electron chi connectivity index (χ4n) is 0.878. The van der Waals surface area contributed by atoms with E-state index < -0.39 is 5.41 Å². The zero-order chi connectivity index (χ0) is 10.3. The summed E-state index contributed by atoms with van der Waals surface area (Å²) in [5.74, 6) is 1.03. The monoisotopic (exact) mass is 204 g/mol. The van der Waals surface area contributed by atoms with Crippen LogP contribution < -0.4 is 11.1 Å². The molecule has 0 spiro atoms. The normalized spacial score (nSPS) is 15.1. The van der Waals surface area contributed by atoms with E-state index in [1.807, 2.05) is 20.1 Å². The van der Waals surface area contributed by atoms with Gasteiger partial charge in [-0.1, -0.05) is 6.92 Å². The smallest absolute Gasteiger partial charge is 0.227 e. The predicted molar refractivity (Wildman–Crippen MR) is 58.8 cm³/mol. The molecule has 0 saturated carbocycles. The predicted octanol–water partition coefficient (Wildman–Crippen LogP) is 0.841. The lowest BCUT2D eigenvalue weighted by Gasteiger charge is -2.24. The summed E-state index contributed by atoms with van der Waals surface area (Å²) < 4.78 is 0. The molecule has 0 rings (SSSR count). The van der Waals surface area contributed by atoms with E-state index in [9.17, 15) is 4.79 Å². The summed E-state index contributed by atoms with van der Waals surface area (Å²) in [6.07, 6.45) is 2.81. The van der Waals surface area contributed by atoms with Crippen LogP contribution in [0, 0.1) is 5.41 Å². The molecular formula is C9H20N2OS. The Bertz CT molecular complexity index is 158. The molecule has 0 bridgehead atoms. The van der Waals surface area contributed by atoms with Crippen LogP contribution in [-0.4, -0.2) is 31.0 Å². The number of nitrogens with two attached hydrogens (primary N) is 1. The third-order valence-electron chi connectivity index (χ3n) is 2.37. The van der Waals surface area contributed by atoms with E-state index in [1.54, 1.807) is 11.8 Å². The van der Waals surface area contributed by atoms with Crippen LogP contribution in [0.15, 0.2) is 0 Å². The third kappa shape index (κ3) is 4.00. The number of rotatable bonds is 6. The zero-order valence-corrected chi connectivity index (χ0v) is 9.54. The molecule has 0 fully saturated rings. The summed E-state index contributed by atoms with van der Waals surface area (Å²) in [7, 11) is 0. The fraction of sp³-hybridized carbons (Fsp3) is 0.889. The van der Waals surface area contributed by atoms with Crippen molar-refractivity contribution in [3.05, 3.63) is 0 Å². The molecule has 1 amide bonds. The Kier molecular flexibility index (Phi) is 6.16. The van der Waals surface area contributed by atoms with Crippen LogP contribution in [0.1, 0.15) is 20.3 Å². The SMILES string of the molecule is CCC(C)(CN)C(=O)NCCSC. The first kappa shape index (κ1) is 12.8. The molecule has 0 aromatic heterocycles. The van der Waals surface area contributed by atoms with E-state index in [2.05, 4.69) is 5.32 Å². The van der Waals surface area contributed by atoms with Crippen molar-refractivity contribution in [2.45, 2.75) is 20.3 Å². The summed E-state index contributed by atoms with van der Waals surface area (Å²) in [5, 5.41) is 2.89. The van der Waals surface area contributed by atoms with Gasteiger partial charge in [0, 0.05) is 18.8 Å². The maximum absolute atomic E-state index is 11.6. The van der Waals surface area contributed by atoms with Gasteiger partial charge in [-0.3, -0.25) is 4.79 Å². The van der Waals surface area contributed by atoms with E-state index in [0.717, 1.165) is 18.7 Å². The maximum atomic E-state index is 11.6. The minimum atomic E-state index is -0.390. The number of carbonyl (C=O) groups is 1. The Balaban J connectivity index is 3.92. The van der Waals surface area contributed by atoms with Gasteiger partial charge in [0.15, 0.2) is 0 Å². The Hall–Kier alpha value is -0.220. The molecule has 13 heavy (non-hydrogen) atoms. The molecule has 0 saturated heterocycles. The largest absolute Gasteiger partial charge is 0.355 e. The lowest BCUT2D eigenvalue weighted by atomic mass is 9.87. The molecular weight excluding hydrogens is 184 g/mol. The molecule has 4 heteroatoms. The standard InChI is InChI=1S/C9H20N2OS/c1-4-9(2,7-10)8(12)11-5-6-13-3/h4-7,10H2,1-3H3,(H,11,12). The minimum absolute atomic E-state index is 0.0755. The highest BCUT2D eigenvalue weighted by Crippen LogP contribution is 2.18. The van der Waals surface area contributed by atoms with Gasteiger partial charge in [0.05, 0.1) is 5.41 Å². The topological polar surface area (TPSA) is 55.1 Å². The van der Waals surface area contributed by atoms with E-state index in [0.29, 0.717) is 6.54 Å². The average molecular weight is 204 g/mol. The number of hydrogen-bond acceptors (Lipinski definition) is 3. The van der Waals surface area contributed by atoms with Gasteiger partial charge >= 0.3 is 0 Å². The molecule has 1 atom stereocenters.